The van der Waals surface area contributed by atoms with Gasteiger partial charge in [-0.25, -0.2) is 0 Å². The third kappa shape index (κ3) is 6.71. The van der Waals surface area contributed by atoms with Crippen molar-refractivity contribution in [3.63, 3.8) is 0 Å². The standard InChI is InChI=1S/C33H39N3OSe2.HI/c1-4-6-8-14-20-35-26-16-10-12-18-28(26)38-30(35)22-24-32(34-3)25(33(24)37)23-31-36(21-15-9-7-5-2)27-17-11-13-19-29(27)39-31;/h10-13,16-19,22-23H,4-9,14-15,20-21H2,1-3H3;1H. The van der Waals surface area contributed by atoms with E-state index >= 15 is 0 Å². The van der Waals surface area contributed by atoms with Gasteiger partial charge in [-0.05, 0) is 0 Å². The number of allylic oxidation sites excluding steroid dienone is 3. The number of para-hydroxylation sites is 2. The minimum Gasteiger partial charge on any atom is -1.00 e. The average molecular weight is 780 g/mol. The first-order valence-corrected chi connectivity index (χ1v) is 17.9. The third-order valence-corrected chi connectivity index (χ3v) is 12.2. The number of likely N-dealkylation sites (N-methyl/N-ethyl adjacent to an activating group) is 1. The maximum absolute atomic E-state index is 13.6. The summed E-state index contributed by atoms with van der Waals surface area (Å²) in [7, 11) is 1.95. The van der Waals surface area contributed by atoms with E-state index in [9.17, 15) is 4.79 Å². The van der Waals surface area contributed by atoms with Crippen LogP contribution in [-0.4, -0.2) is 48.8 Å². The number of rotatable bonds is 13. The Labute approximate surface area is 268 Å². The van der Waals surface area contributed by atoms with Crippen LogP contribution in [0.3, 0.4) is 0 Å². The number of carbonyl (C=O) groups is 1. The molecule has 0 spiro atoms. The fourth-order valence-electron chi connectivity index (χ4n) is 5.42. The van der Waals surface area contributed by atoms with Gasteiger partial charge in [-0.1, -0.05) is 0 Å². The minimum atomic E-state index is 0. The summed E-state index contributed by atoms with van der Waals surface area (Å²) in [5, 5.41) is 3.38. The summed E-state index contributed by atoms with van der Waals surface area (Å²) in [6.45, 7) is 6.56. The predicted octanol–water partition coefficient (Wildman–Crippen LogP) is 2.48. The number of anilines is 1. The predicted molar refractivity (Wildman–Crippen MR) is 166 cm³/mol. The maximum Gasteiger partial charge on any atom is -1.00 e. The second-order valence-corrected chi connectivity index (χ2v) is 14.8. The zero-order valence-electron chi connectivity index (χ0n) is 23.8. The molecule has 40 heavy (non-hydrogen) atoms. The molecule has 0 fully saturated rings. The Morgan fingerprint density at radius 2 is 1.62 bits per heavy atom. The molecule has 2 aliphatic rings. The van der Waals surface area contributed by atoms with Gasteiger partial charge in [-0.2, -0.15) is 0 Å². The van der Waals surface area contributed by atoms with E-state index in [4.69, 9.17) is 0 Å². The summed E-state index contributed by atoms with van der Waals surface area (Å²) in [5.41, 5.74) is 5.33. The second kappa shape index (κ2) is 15.0. The molecular weight excluding hydrogens is 739 g/mol. The molecular formula is C33H40IN3OSe2. The summed E-state index contributed by atoms with van der Waals surface area (Å²) < 4.78 is 7.92. The van der Waals surface area contributed by atoms with E-state index in [1.165, 1.54) is 80.5 Å². The number of Topliss-reactive ketones (excluding diaryl/α,β-unsaturated/α-hetero) is 1. The van der Waals surface area contributed by atoms with Gasteiger partial charge in [0.1, 0.15) is 0 Å². The van der Waals surface area contributed by atoms with Crippen molar-refractivity contribution in [1.29, 1.82) is 0 Å². The summed E-state index contributed by atoms with van der Waals surface area (Å²) in [4.78, 5) is 16.1. The van der Waals surface area contributed by atoms with E-state index in [0.717, 1.165) is 29.9 Å². The van der Waals surface area contributed by atoms with Crippen molar-refractivity contribution < 1.29 is 33.3 Å². The van der Waals surface area contributed by atoms with Gasteiger partial charge < -0.3 is 24.0 Å². The van der Waals surface area contributed by atoms with E-state index < -0.39 is 0 Å². The number of aryl methyl sites for hydroxylation is 1. The van der Waals surface area contributed by atoms with Crippen molar-refractivity contribution in [2.45, 2.75) is 71.8 Å². The van der Waals surface area contributed by atoms with E-state index in [1.54, 1.807) is 0 Å². The normalized spacial score (nSPS) is 16.6. The van der Waals surface area contributed by atoms with Crippen LogP contribution < -0.4 is 43.2 Å². The first kappa shape index (κ1) is 31.3. The summed E-state index contributed by atoms with van der Waals surface area (Å²) in [6, 6.07) is 17.5. The number of halogens is 1. The number of fused-ring (bicyclic) bond motifs is 2. The SMILES string of the molecule is CCCCCCN1/C(=C/C2=C(NC)C(=C/c3[se]c4ccccc4[n+]3CCCCCC)/C2=O)[Se]c2ccccc21.[I-]. The Kier molecular flexibility index (Phi) is 11.8. The molecule has 0 radical (unpaired) electrons. The van der Waals surface area contributed by atoms with Crippen LogP contribution in [0.1, 0.15) is 69.8 Å². The maximum atomic E-state index is 13.6. The summed E-state index contributed by atoms with van der Waals surface area (Å²) in [6.07, 6.45) is 14.3. The van der Waals surface area contributed by atoms with Gasteiger partial charge in [0.25, 0.3) is 0 Å². The monoisotopic (exact) mass is 781 g/mol. The molecule has 3 aromatic rings. The van der Waals surface area contributed by atoms with E-state index in [-0.39, 0.29) is 59.2 Å². The van der Waals surface area contributed by atoms with Crippen LogP contribution in [0.4, 0.5) is 5.69 Å². The van der Waals surface area contributed by atoms with Crippen LogP contribution in [0, 0.1) is 0 Å². The van der Waals surface area contributed by atoms with Gasteiger partial charge >= 0.3 is 247 Å². The molecule has 2 aromatic carbocycles. The first-order chi connectivity index (χ1) is 19.2. The number of unbranched alkanes of at least 4 members (excludes halogenated alkanes) is 6. The topological polar surface area (TPSA) is 36.2 Å². The molecule has 7 heteroatoms. The Bertz CT molecular complexity index is 1440. The zero-order chi connectivity index (χ0) is 27.2. The molecule has 5 rings (SSSR count). The number of nitrogens with one attached hydrogen (secondary N) is 1. The number of ketones is 1. The van der Waals surface area contributed by atoms with Crippen molar-refractivity contribution in [2.75, 3.05) is 18.5 Å². The number of aromatic nitrogens is 1. The number of hydrogen-bond acceptors (Lipinski definition) is 3. The fourth-order valence-corrected chi connectivity index (χ4v) is 10.2. The van der Waals surface area contributed by atoms with Crippen LogP contribution in [0.25, 0.3) is 15.9 Å². The molecule has 4 nitrogen and oxygen atoms in total. The molecule has 0 unspecified atom stereocenters. The largest absolute Gasteiger partial charge is 1.00 e. The van der Waals surface area contributed by atoms with E-state index in [1.807, 2.05) is 7.05 Å². The molecule has 2 heterocycles. The molecule has 0 atom stereocenters. The third-order valence-electron chi connectivity index (χ3n) is 7.56. The first-order valence-electron chi connectivity index (χ1n) is 14.5. The van der Waals surface area contributed by atoms with Crippen molar-refractivity contribution in [3.05, 3.63) is 80.6 Å². The molecule has 1 N–H and O–H groups in total. The van der Waals surface area contributed by atoms with Crippen LogP contribution in [-0.2, 0) is 11.3 Å². The van der Waals surface area contributed by atoms with E-state index in [2.05, 4.69) is 89.3 Å². The number of carbonyl (C=O) groups excluding carboxylic acids is 1. The van der Waals surface area contributed by atoms with Gasteiger partial charge in [0.2, 0.25) is 0 Å². The van der Waals surface area contributed by atoms with Crippen LogP contribution in [0.5, 0.6) is 0 Å². The van der Waals surface area contributed by atoms with Crippen LogP contribution >= 0.6 is 0 Å². The van der Waals surface area contributed by atoms with E-state index in [0.29, 0.717) is 0 Å². The Morgan fingerprint density at radius 3 is 2.40 bits per heavy atom. The Balaban J connectivity index is 0.00000370. The molecule has 1 aliphatic carbocycles. The molecule has 0 saturated carbocycles. The van der Waals surface area contributed by atoms with Gasteiger partial charge in [-0.3, -0.25) is 0 Å². The van der Waals surface area contributed by atoms with Crippen LogP contribution in [0.2, 0.25) is 0 Å². The molecule has 1 aliphatic heterocycles. The van der Waals surface area contributed by atoms with Gasteiger partial charge in [0.15, 0.2) is 0 Å². The average Bonchev–Trinajstić information content (AvgIpc) is 3.49. The van der Waals surface area contributed by atoms with Crippen molar-refractivity contribution >= 4 is 61.2 Å². The van der Waals surface area contributed by atoms with Crippen molar-refractivity contribution in [1.82, 2.24) is 5.32 Å². The van der Waals surface area contributed by atoms with Gasteiger partial charge in [-0.15, -0.1) is 0 Å². The Hall–Kier alpha value is -1.63. The fraction of sp³-hybridized carbons (Fsp3) is 0.394. The van der Waals surface area contributed by atoms with Crippen molar-refractivity contribution in [3.8, 4) is 0 Å². The van der Waals surface area contributed by atoms with Gasteiger partial charge in [0.05, 0.1) is 0 Å². The second-order valence-electron chi connectivity index (χ2n) is 10.3. The summed E-state index contributed by atoms with van der Waals surface area (Å²) in [5.74, 6) is 0.176. The zero-order valence-corrected chi connectivity index (χ0v) is 29.4. The molecule has 212 valence electrons. The smallest absolute Gasteiger partial charge is 1.00 e. The number of benzene rings is 2. The molecule has 0 amide bonds. The molecule has 1 aromatic heterocycles. The summed E-state index contributed by atoms with van der Waals surface area (Å²) >= 11 is 0.431. The van der Waals surface area contributed by atoms with Crippen LogP contribution in [0.15, 0.2) is 76.0 Å². The molecule has 0 saturated heterocycles. The quantitative estimate of drug-likeness (QED) is 0.0954. The van der Waals surface area contributed by atoms with Crippen molar-refractivity contribution in [2.24, 2.45) is 0 Å². The minimum absolute atomic E-state index is 0. The number of hydrogen-bond donors (Lipinski definition) is 1. The molecule has 0 bridgehead atoms. The van der Waals surface area contributed by atoms with Gasteiger partial charge in [0, 0.05) is 0 Å². The Morgan fingerprint density at radius 1 is 0.900 bits per heavy atom. The number of nitrogens with zero attached hydrogens (tertiary/aromatic N) is 2.